The number of piperidine rings is 1. The molecule has 1 aliphatic rings. The first-order valence-electron chi connectivity index (χ1n) is 8.88. The van der Waals surface area contributed by atoms with Crippen molar-refractivity contribution in [3.63, 3.8) is 0 Å². The highest BCUT2D eigenvalue weighted by atomic mass is 32.2. The van der Waals surface area contributed by atoms with Gasteiger partial charge in [0.05, 0.1) is 19.0 Å². The topological polar surface area (TPSA) is 92.3 Å². The maximum atomic E-state index is 11.0. The molecule has 8 nitrogen and oxygen atoms in total. The Bertz CT molecular complexity index is 477. The Hall–Kier alpha value is -0.900. The third-order valence-electron chi connectivity index (χ3n) is 4.11. The summed E-state index contributed by atoms with van der Waals surface area (Å²) in [4.78, 5) is 6.71. The van der Waals surface area contributed by atoms with Crippen molar-refractivity contribution in [2.75, 3.05) is 72.2 Å². The lowest BCUT2D eigenvalue weighted by molar-refractivity contribution is 0.152. The molecule has 0 amide bonds. The standard InChI is InChI=1S/C16H34N4O4S/c1-17-16(18-7-12-24-13-14-25(3,21)22)19-15-5-9-20(10-6-15)8-4-11-23-2/h15H,4-14H2,1-3H3,(H2,17,18,19). The van der Waals surface area contributed by atoms with Crippen molar-refractivity contribution in [2.24, 2.45) is 4.99 Å². The van der Waals surface area contributed by atoms with Gasteiger partial charge in [0.2, 0.25) is 0 Å². The smallest absolute Gasteiger partial charge is 0.191 e. The van der Waals surface area contributed by atoms with Gasteiger partial charge in [0.15, 0.2) is 5.96 Å². The fourth-order valence-electron chi connectivity index (χ4n) is 2.68. The molecule has 1 heterocycles. The van der Waals surface area contributed by atoms with E-state index < -0.39 is 9.84 Å². The van der Waals surface area contributed by atoms with Crippen molar-refractivity contribution in [2.45, 2.75) is 25.3 Å². The molecule has 0 bridgehead atoms. The molecule has 0 radical (unpaired) electrons. The first kappa shape index (κ1) is 22.1. The number of rotatable bonds is 11. The van der Waals surface area contributed by atoms with Gasteiger partial charge in [0.25, 0.3) is 0 Å². The van der Waals surface area contributed by atoms with Crippen LogP contribution in [0.5, 0.6) is 0 Å². The Morgan fingerprint density at radius 1 is 1.24 bits per heavy atom. The molecule has 25 heavy (non-hydrogen) atoms. The third kappa shape index (κ3) is 11.4. The van der Waals surface area contributed by atoms with E-state index >= 15 is 0 Å². The number of hydrogen-bond acceptors (Lipinski definition) is 6. The SMILES string of the molecule is CN=C(NCCOCCS(C)(=O)=O)NC1CCN(CCCOC)CC1. The summed E-state index contributed by atoms with van der Waals surface area (Å²) >= 11 is 0. The van der Waals surface area contributed by atoms with Gasteiger partial charge in [0, 0.05) is 59.2 Å². The van der Waals surface area contributed by atoms with Gasteiger partial charge >= 0.3 is 0 Å². The summed E-state index contributed by atoms with van der Waals surface area (Å²) in [6, 6.07) is 0.427. The van der Waals surface area contributed by atoms with Crippen molar-refractivity contribution < 1.29 is 17.9 Å². The van der Waals surface area contributed by atoms with Crippen LogP contribution in [0.1, 0.15) is 19.3 Å². The zero-order valence-corrected chi connectivity index (χ0v) is 16.6. The van der Waals surface area contributed by atoms with Gasteiger partial charge in [-0.1, -0.05) is 0 Å². The molecule has 0 aromatic rings. The minimum Gasteiger partial charge on any atom is -0.385 e. The number of nitrogens with one attached hydrogen (secondary N) is 2. The van der Waals surface area contributed by atoms with Crippen LogP contribution in [0.15, 0.2) is 4.99 Å². The summed E-state index contributed by atoms with van der Waals surface area (Å²) in [7, 11) is 0.535. The van der Waals surface area contributed by atoms with Crippen LogP contribution in [-0.4, -0.2) is 97.5 Å². The van der Waals surface area contributed by atoms with E-state index in [1.54, 1.807) is 14.2 Å². The number of hydrogen-bond donors (Lipinski definition) is 2. The molecule has 0 atom stereocenters. The average Bonchev–Trinajstić information content (AvgIpc) is 2.57. The van der Waals surface area contributed by atoms with Gasteiger partial charge in [-0.3, -0.25) is 4.99 Å². The molecule has 2 N–H and O–H groups in total. The van der Waals surface area contributed by atoms with Crippen LogP contribution in [0.4, 0.5) is 0 Å². The van der Waals surface area contributed by atoms with Crippen LogP contribution in [0, 0.1) is 0 Å². The second-order valence-electron chi connectivity index (χ2n) is 6.35. The molecule has 1 rings (SSSR count). The fraction of sp³-hybridized carbons (Fsp3) is 0.938. The van der Waals surface area contributed by atoms with E-state index in [0.717, 1.165) is 51.5 Å². The number of guanidine groups is 1. The normalized spacial score (nSPS) is 17.6. The van der Waals surface area contributed by atoms with Crippen LogP contribution in [0.2, 0.25) is 0 Å². The van der Waals surface area contributed by atoms with Gasteiger partial charge in [-0.25, -0.2) is 8.42 Å². The van der Waals surface area contributed by atoms with Crippen LogP contribution >= 0.6 is 0 Å². The van der Waals surface area contributed by atoms with E-state index in [-0.39, 0.29) is 12.4 Å². The summed E-state index contributed by atoms with van der Waals surface area (Å²) in [5.74, 6) is 0.827. The van der Waals surface area contributed by atoms with Gasteiger partial charge < -0.3 is 25.0 Å². The largest absolute Gasteiger partial charge is 0.385 e. The monoisotopic (exact) mass is 378 g/mol. The summed E-state index contributed by atoms with van der Waals surface area (Å²) < 4.78 is 32.4. The van der Waals surface area contributed by atoms with Crippen LogP contribution in [0.25, 0.3) is 0 Å². The molecule has 0 unspecified atom stereocenters. The van der Waals surface area contributed by atoms with Gasteiger partial charge in [-0.2, -0.15) is 0 Å². The fourth-order valence-corrected chi connectivity index (χ4v) is 3.10. The maximum Gasteiger partial charge on any atom is 0.191 e. The molecular formula is C16H34N4O4S. The Labute approximate surface area is 152 Å². The van der Waals surface area contributed by atoms with Crippen molar-refractivity contribution >= 4 is 15.8 Å². The van der Waals surface area contributed by atoms with Gasteiger partial charge in [0.1, 0.15) is 9.84 Å². The van der Waals surface area contributed by atoms with E-state index in [1.807, 2.05) is 0 Å². The molecule has 1 aliphatic heterocycles. The molecular weight excluding hydrogens is 344 g/mol. The zero-order valence-electron chi connectivity index (χ0n) is 15.8. The first-order valence-corrected chi connectivity index (χ1v) is 10.9. The minimum atomic E-state index is -2.96. The van der Waals surface area contributed by atoms with Crippen LogP contribution in [0.3, 0.4) is 0 Å². The third-order valence-corrected chi connectivity index (χ3v) is 5.02. The molecule has 0 aliphatic carbocycles. The van der Waals surface area contributed by atoms with E-state index in [0.29, 0.717) is 19.2 Å². The quantitative estimate of drug-likeness (QED) is 0.290. The average molecular weight is 379 g/mol. The summed E-state index contributed by atoms with van der Waals surface area (Å²) in [5.41, 5.74) is 0. The van der Waals surface area contributed by atoms with E-state index in [4.69, 9.17) is 9.47 Å². The predicted molar refractivity (Wildman–Crippen MR) is 101 cm³/mol. The summed E-state index contributed by atoms with van der Waals surface area (Å²) in [6.45, 7) is 5.38. The molecule has 148 valence electrons. The first-order chi connectivity index (χ1) is 11.9. The molecule has 0 aromatic carbocycles. The highest BCUT2D eigenvalue weighted by molar-refractivity contribution is 7.90. The Morgan fingerprint density at radius 3 is 2.56 bits per heavy atom. The van der Waals surface area contributed by atoms with Crippen LogP contribution < -0.4 is 10.6 Å². The molecule has 0 spiro atoms. The lowest BCUT2D eigenvalue weighted by Crippen LogP contribution is -2.49. The second kappa shape index (κ2) is 12.5. The zero-order chi connectivity index (χ0) is 18.5. The van der Waals surface area contributed by atoms with Crippen LogP contribution in [-0.2, 0) is 19.3 Å². The summed E-state index contributed by atoms with van der Waals surface area (Å²) in [5, 5.41) is 6.65. The molecule has 0 saturated carbocycles. The lowest BCUT2D eigenvalue weighted by Gasteiger charge is -2.33. The number of nitrogens with zero attached hydrogens (tertiary/aromatic N) is 2. The van der Waals surface area contributed by atoms with Crippen molar-refractivity contribution in [3.8, 4) is 0 Å². The molecule has 9 heteroatoms. The predicted octanol–water partition coefficient (Wildman–Crippen LogP) is -0.286. The van der Waals surface area contributed by atoms with E-state index in [9.17, 15) is 8.42 Å². The number of aliphatic imine (C=N–C) groups is 1. The highest BCUT2D eigenvalue weighted by Crippen LogP contribution is 2.10. The molecule has 0 aromatic heterocycles. The number of sulfone groups is 1. The molecule has 1 fully saturated rings. The van der Waals surface area contributed by atoms with E-state index in [1.165, 1.54) is 6.26 Å². The highest BCUT2D eigenvalue weighted by Gasteiger charge is 2.19. The Balaban J connectivity index is 2.12. The second-order valence-corrected chi connectivity index (χ2v) is 8.61. The van der Waals surface area contributed by atoms with Crippen molar-refractivity contribution in [3.05, 3.63) is 0 Å². The van der Waals surface area contributed by atoms with Gasteiger partial charge in [-0.15, -0.1) is 0 Å². The number of methoxy groups -OCH3 is 1. The van der Waals surface area contributed by atoms with Crippen molar-refractivity contribution in [1.82, 2.24) is 15.5 Å². The lowest BCUT2D eigenvalue weighted by atomic mass is 10.1. The number of likely N-dealkylation sites (tertiary alicyclic amines) is 1. The van der Waals surface area contributed by atoms with E-state index in [2.05, 4.69) is 20.5 Å². The summed E-state index contributed by atoms with van der Waals surface area (Å²) in [6.07, 6.45) is 4.48. The Kier molecular flexibility index (Phi) is 11.0. The maximum absolute atomic E-state index is 11.0. The van der Waals surface area contributed by atoms with Gasteiger partial charge in [-0.05, 0) is 19.3 Å². The minimum absolute atomic E-state index is 0.0585. The molecule has 1 saturated heterocycles. The number of ether oxygens (including phenoxy) is 2. The van der Waals surface area contributed by atoms with Crippen molar-refractivity contribution in [1.29, 1.82) is 0 Å². The Morgan fingerprint density at radius 2 is 1.96 bits per heavy atom.